The van der Waals surface area contributed by atoms with E-state index in [9.17, 15) is 4.79 Å². The van der Waals surface area contributed by atoms with Crippen molar-refractivity contribution in [3.8, 4) is 0 Å². The summed E-state index contributed by atoms with van der Waals surface area (Å²) >= 11 is 0. The van der Waals surface area contributed by atoms with Crippen LogP contribution in [0.3, 0.4) is 0 Å². The van der Waals surface area contributed by atoms with E-state index in [1.165, 1.54) is 0 Å². The molecule has 1 atom stereocenters. The highest BCUT2D eigenvalue weighted by atomic mass is 16.1. The highest BCUT2D eigenvalue weighted by Gasteiger charge is 2.19. The Balaban J connectivity index is 2.64. The topological polar surface area (TPSA) is 30.0 Å². The molecule has 0 aromatic carbocycles. The largest absolute Gasteiger partial charge is 0.294 e. The number of aromatic nitrogens is 1. The minimum absolute atomic E-state index is 0.215. The van der Waals surface area contributed by atoms with E-state index in [0.717, 1.165) is 17.5 Å². The molecule has 0 saturated heterocycles. The van der Waals surface area contributed by atoms with Crippen molar-refractivity contribution in [3.05, 3.63) is 29.6 Å². The quantitative estimate of drug-likeness (QED) is 0.735. The molecule has 94 valence electrons. The Hall–Kier alpha value is -1.18. The molecule has 0 aliphatic rings. The summed E-state index contributed by atoms with van der Waals surface area (Å²) in [6, 6.07) is 1.89. The van der Waals surface area contributed by atoms with Crippen molar-refractivity contribution in [2.75, 3.05) is 0 Å². The lowest BCUT2D eigenvalue weighted by atomic mass is 9.83. The number of hydrogen-bond donors (Lipinski definition) is 0. The van der Waals surface area contributed by atoms with Crippen molar-refractivity contribution in [3.63, 3.8) is 0 Å². The Kier molecular flexibility index (Phi) is 4.44. The van der Waals surface area contributed by atoms with Crippen LogP contribution < -0.4 is 0 Å². The predicted molar refractivity (Wildman–Crippen MR) is 71.2 cm³/mol. The third kappa shape index (κ3) is 4.68. The molecular weight excluding hydrogens is 210 g/mol. The first-order chi connectivity index (χ1) is 7.79. The normalized spacial score (nSPS) is 13.5. The van der Waals surface area contributed by atoms with Crippen LogP contribution in [0.2, 0.25) is 0 Å². The first-order valence-electron chi connectivity index (χ1n) is 6.23. The van der Waals surface area contributed by atoms with Crippen molar-refractivity contribution < 1.29 is 4.79 Å². The second kappa shape index (κ2) is 5.44. The number of hydrogen-bond acceptors (Lipinski definition) is 2. The molecule has 1 rings (SSSR count). The van der Waals surface area contributed by atoms with Crippen molar-refractivity contribution in [1.82, 2.24) is 4.98 Å². The zero-order valence-electron chi connectivity index (χ0n) is 11.6. The minimum atomic E-state index is 0.215. The summed E-state index contributed by atoms with van der Waals surface area (Å²) in [5, 5.41) is 0. The van der Waals surface area contributed by atoms with Gasteiger partial charge >= 0.3 is 0 Å². The molecule has 0 aliphatic heterocycles. The number of carbonyl (C=O) groups is 1. The molecule has 1 aromatic rings. The average Bonchev–Trinajstić information content (AvgIpc) is 2.14. The van der Waals surface area contributed by atoms with Gasteiger partial charge in [0, 0.05) is 24.4 Å². The maximum absolute atomic E-state index is 12.1. The van der Waals surface area contributed by atoms with Crippen molar-refractivity contribution in [2.45, 2.75) is 47.5 Å². The van der Waals surface area contributed by atoms with Gasteiger partial charge in [-0.15, -0.1) is 0 Å². The van der Waals surface area contributed by atoms with Gasteiger partial charge in [-0.05, 0) is 36.3 Å². The molecule has 0 fully saturated rings. The molecule has 1 unspecified atom stereocenters. The monoisotopic (exact) mass is 233 g/mol. The summed E-state index contributed by atoms with van der Waals surface area (Å²) in [6.07, 6.45) is 5.09. The number of aryl methyl sites for hydroxylation is 1. The van der Waals surface area contributed by atoms with Gasteiger partial charge in [-0.2, -0.15) is 0 Å². The predicted octanol–water partition coefficient (Wildman–Crippen LogP) is 4.04. The lowest BCUT2D eigenvalue weighted by molar-refractivity contribution is 0.0953. The Morgan fingerprint density at radius 2 is 2.06 bits per heavy atom. The summed E-state index contributed by atoms with van der Waals surface area (Å²) in [7, 11) is 0. The second-order valence-corrected chi connectivity index (χ2v) is 6.19. The van der Waals surface area contributed by atoms with E-state index >= 15 is 0 Å². The third-order valence-electron chi connectivity index (χ3n) is 2.83. The number of rotatable bonds is 4. The van der Waals surface area contributed by atoms with E-state index in [-0.39, 0.29) is 11.2 Å². The van der Waals surface area contributed by atoms with E-state index in [1.54, 1.807) is 12.4 Å². The van der Waals surface area contributed by atoms with E-state index < -0.39 is 0 Å². The maximum Gasteiger partial charge on any atom is 0.164 e. The first-order valence-corrected chi connectivity index (χ1v) is 6.23. The lowest BCUT2D eigenvalue weighted by Crippen LogP contribution is -2.15. The zero-order chi connectivity index (χ0) is 13.1. The minimum Gasteiger partial charge on any atom is -0.294 e. The third-order valence-corrected chi connectivity index (χ3v) is 2.83. The van der Waals surface area contributed by atoms with Gasteiger partial charge in [0.05, 0.1) is 0 Å². The second-order valence-electron chi connectivity index (χ2n) is 6.19. The Morgan fingerprint density at radius 1 is 1.41 bits per heavy atom. The van der Waals surface area contributed by atoms with Crippen LogP contribution in [0.4, 0.5) is 0 Å². The summed E-state index contributed by atoms with van der Waals surface area (Å²) in [6.45, 7) is 10.7. The van der Waals surface area contributed by atoms with Gasteiger partial charge < -0.3 is 0 Å². The van der Waals surface area contributed by atoms with Gasteiger partial charge in [0.1, 0.15) is 0 Å². The molecule has 0 spiro atoms. The number of pyridine rings is 1. The fourth-order valence-corrected chi connectivity index (χ4v) is 2.30. The average molecular weight is 233 g/mol. The van der Waals surface area contributed by atoms with Gasteiger partial charge in [0.25, 0.3) is 0 Å². The molecule has 0 bridgehead atoms. The van der Waals surface area contributed by atoms with Gasteiger partial charge in [-0.3, -0.25) is 9.78 Å². The van der Waals surface area contributed by atoms with Crippen LogP contribution in [0.1, 0.15) is 56.5 Å². The summed E-state index contributed by atoms with van der Waals surface area (Å²) in [5.41, 5.74) is 2.07. The van der Waals surface area contributed by atoms with E-state index in [2.05, 4.69) is 32.7 Å². The number of Topliss-reactive ketones (excluding diaryl/α,β-unsaturated/α-hetero) is 1. The molecule has 0 amide bonds. The highest BCUT2D eigenvalue weighted by Crippen LogP contribution is 2.27. The van der Waals surface area contributed by atoms with E-state index in [4.69, 9.17) is 0 Å². The molecule has 0 saturated carbocycles. The van der Waals surface area contributed by atoms with Crippen LogP contribution in [0.15, 0.2) is 18.5 Å². The van der Waals surface area contributed by atoms with Crippen molar-refractivity contribution >= 4 is 5.78 Å². The number of carbonyl (C=O) groups excluding carboxylic acids is 1. The number of nitrogens with zero attached hydrogens (tertiary/aromatic N) is 1. The smallest absolute Gasteiger partial charge is 0.164 e. The SMILES string of the molecule is Cc1ccncc1C(=O)CC(C)CC(C)(C)C. The molecular formula is C15H23NO. The lowest BCUT2D eigenvalue weighted by Gasteiger charge is -2.22. The van der Waals surface area contributed by atoms with Crippen LogP contribution in [0.25, 0.3) is 0 Å². The van der Waals surface area contributed by atoms with Gasteiger partial charge in [0.15, 0.2) is 5.78 Å². The molecule has 1 aromatic heterocycles. The zero-order valence-corrected chi connectivity index (χ0v) is 11.6. The van der Waals surface area contributed by atoms with Crippen LogP contribution in [-0.4, -0.2) is 10.8 Å². The number of ketones is 1. The van der Waals surface area contributed by atoms with Crippen molar-refractivity contribution in [1.29, 1.82) is 0 Å². The standard InChI is InChI=1S/C15H23NO/c1-11(9-15(3,4)5)8-14(17)13-10-16-7-6-12(13)2/h6-7,10-11H,8-9H2,1-5H3. The van der Waals surface area contributed by atoms with Crippen LogP contribution in [0, 0.1) is 18.3 Å². The molecule has 0 aliphatic carbocycles. The van der Waals surface area contributed by atoms with Gasteiger partial charge in [-0.1, -0.05) is 27.7 Å². The molecule has 1 heterocycles. The summed E-state index contributed by atoms with van der Waals surface area (Å²) in [5.74, 6) is 0.634. The van der Waals surface area contributed by atoms with Crippen molar-refractivity contribution in [2.24, 2.45) is 11.3 Å². The highest BCUT2D eigenvalue weighted by molar-refractivity contribution is 5.97. The Bertz CT molecular complexity index is 390. The molecule has 17 heavy (non-hydrogen) atoms. The molecule has 0 N–H and O–H groups in total. The van der Waals surface area contributed by atoms with Gasteiger partial charge in [-0.25, -0.2) is 0 Å². The van der Waals surface area contributed by atoms with Gasteiger partial charge in [0.2, 0.25) is 0 Å². The van der Waals surface area contributed by atoms with Crippen LogP contribution in [0.5, 0.6) is 0 Å². The van der Waals surface area contributed by atoms with Crippen LogP contribution in [-0.2, 0) is 0 Å². The Labute approximate surface area is 104 Å². The van der Waals surface area contributed by atoms with Crippen LogP contribution >= 0.6 is 0 Å². The molecule has 2 heteroatoms. The molecule has 2 nitrogen and oxygen atoms in total. The summed E-state index contributed by atoms with van der Waals surface area (Å²) < 4.78 is 0. The maximum atomic E-state index is 12.1. The molecule has 0 radical (unpaired) electrons. The fraction of sp³-hybridized carbons (Fsp3) is 0.600. The Morgan fingerprint density at radius 3 is 2.59 bits per heavy atom. The first kappa shape index (κ1) is 13.9. The summed E-state index contributed by atoms with van der Waals surface area (Å²) in [4.78, 5) is 16.1. The van der Waals surface area contributed by atoms with E-state index in [1.807, 2.05) is 13.0 Å². The van der Waals surface area contributed by atoms with E-state index in [0.29, 0.717) is 12.3 Å². The fourth-order valence-electron chi connectivity index (χ4n) is 2.30.